The van der Waals surface area contributed by atoms with Gasteiger partial charge in [-0.15, -0.1) is 0 Å². The van der Waals surface area contributed by atoms with Gasteiger partial charge in [0.2, 0.25) is 0 Å². The highest BCUT2D eigenvalue weighted by Crippen LogP contribution is 2.22. The maximum Gasteiger partial charge on any atom is 0.111 e. The molecule has 1 unspecified atom stereocenters. The maximum absolute atomic E-state index is 4.35. The summed E-state index contributed by atoms with van der Waals surface area (Å²) in [6, 6.07) is 0.0618. The Morgan fingerprint density at radius 1 is 1.07 bits per heavy atom. The van der Waals surface area contributed by atoms with Crippen LogP contribution < -0.4 is 0 Å². The van der Waals surface area contributed by atoms with Crippen LogP contribution in [0.25, 0.3) is 0 Å². The van der Waals surface area contributed by atoms with E-state index in [9.17, 15) is 0 Å². The molecule has 0 N–H and O–H groups in total. The van der Waals surface area contributed by atoms with E-state index >= 15 is 0 Å². The molecule has 0 fully saturated rings. The molecular formula is C12H9N3. The Morgan fingerprint density at radius 2 is 2.07 bits per heavy atom. The van der Waals surface area contributed by atoms with Crippen molar-refractivity contribution >= 4 is 18.1 Å². The van der Waals surface area contributed by atoms with Crippen LogP contribution >= 0.6 is 0 Å². The molecule has 0 bridgehead atoms. The topological polar surface area (TPSA) is 37.1 Å². The van der Waals surface area contributed by atoms with Crippen molar-refractivity contribution < 1.29 is 0 Å². The smallest absolute Gasteiger partial charge is 0.111 e. The van der Waals surface area contributed by atoms with E-state index < -0.39 is 0 Å². The summed E-state index contributed by atoms with van der Waals surface area (Å²) in [4.78, 5) is 12.9. The normalized spacial score (nSPS) is 30.9. The number of hydrogen-bond donors (Lipinski definition) is 0. The number of nitrogens with zero attached hydrogens (tertiary/aromatic N) is 3. The van der Waals surface area contributed by atoms with Crippen LogP contribution in [0, 0.1) is 0 Å². The molecule has 0 amide bonds. The first-order valence-electron chi connectivity index (χ1n) is 4.85. The predicted molar refractivity (Wildman–Crippen MR) is 62.7 cm³/mol. The lowest BCUT2D eigenvalue weighted by Gasteiger charge is -2.07. The first-order valence-corrected chi connectivity index (χ1v) is 4.85. The van der Waals surface area contributed by atoms with Gasteiger partial charge >= 0.3 is 0 Å². The maximum atomic E-state index is 4.35. The van der Waals surface area contributed by atoms with Crippen LogP contribution in [-0.4, -0.2) is 24.2 Å². The minimum absolute atomic E-state index is 0.0618. The summed E-state index contributed by atoms with van der Waals surface area (Å²) in [7, 11) is 0. The third-order valence-electron chi connectivity index (χ3n) is 2.47. The van der Waals surface area contributed by atoms with Gasteiger partial charge in [-0.25, -0.2) is 0 Å². The molecule has 1 atom stereocenters. The fraction of sp³-hybridized carbons (Fsp3) is 0.0833. The van der Waals surface area contributed by atoms with Crippen LogP contribution in [0.4, 0.5) is 0 Å². The Hall–Kier alpha value is -2.03. The van der Waals surface area contributed by atoms with E-state index in [-0.39, 0.29) is 6.04 Å². The summed E-state index contributed by atoms with van der Waals surface area (Å²) >= 11 is 0. The molecule has 0 saturated carbocycles. The van der Waals surface area contributed by atoms with Crippen LogP contribution in [-0.2, 0) is 0 Å². The quantitative estimate of drug-likeness (QED) is 0.612. The average molecular weight is 195 g/mol. The van der Waals surface area contributed by atoms with Gasteiger partial charge in [0.05, 0.1) is 11.4 Å². The molecular weight excluding hydrogens is 186 g/mol. The van der Waals surface area contributed by atoms with E-state index in [2.05, 4.69) is 15.0 Å². The largest absolute Gasteiger partial charge is 0.279 e. The van der Waals surface area contributed by atoms with Crippen LogP contribution in [0.5, 0.6) is 0 Å². The molecule has 0 spiro atoms. The summed E-state index contributed by atoms with van der Waals surface area (Å²) in [5, 5.41) is 0. The lowest BCUT2D eigenvalue weighted by atomic mass is 10.0. The molecule has 3 rings (SSSR count). The van der Waals surface area contributed by atoms with Gasteiger partial charge < -0.3 is 0 Å². The van der Waals surface area contributed by atoms with Crippen molar-refractivity contribution in [2.45, 2.75) is 6.04 Å². The van der Waals surface area contributed by atoms with Gasteiger partial charge in [0, 0.05) is 24.2 Å². The van der Waals surface area contributed by atoms with Crippen LogP contribution in [0.15, 0.2) is 62.8 Å². The molecule has 72 valence electrons. The Bertz CT molecular complexity index is 473. The Morgan fingerprint density at radius 3 is 2.80 bits per heavy atom. The molecule has 3 nitrogen and oxygen atoms in total. The highest BCUT2D eigenvalue weighted by molar-refractivity contribution is 6.12. The fourth-order valence-electron chi connectivity index (χ4n) is 1.77. The van der Waals surface area contributed by atoms with Gasteiger partial charge in [0.25, 0.3) is 0 Å². The SMILES string of the molecule is C1=CC(=C2C=CN=C2C2C=CC=N2)N=C1. The summed E-state index contributed by atoms with van der Waals surface area (Å²) in [6.45, 7) is 0. The van der Waals surface area contributed by atoms with Gasteiger partial charge in [-0.3, -0.25) is 15.0 Å². The zero-order chi connectivity index (χ0) is 10.1. The van der Waals surface area contributed by atoms with Crippen molar-refractivity contribution in [2.75, 3.05) is 0 Å². The van der Waals surface area contributed by atoms with E-state index in [0.717, 1.165) is 17.0 Å². The van der Waals surface area contributed by atoms with Crippen molar-refractivity contribution in [3.8, 4) is 0 Å². The molecule has 0 radical (unpaired) electrons. The highest BCUT2D eigenvalue weighted by atomic mass is 14.9. The molecule has 0 aromatic carbocycles. The van der Waals surface area contributed by atoms with Crippen molar-refractivity contribution in [3.63, 3.8) is 0 Å². The summed E-state index contributed by atoms with van der Waals surface area (Å²) in [5.41, 5.74) is 3.03. The molecule has 3 aliphatic rings. The first kappa shape index (κ1) is 8.29. The lowest BCUT2D eigenvalue weighted by Crippen LogP contribution is -2.15. The van der Waals surface area contributed by atoms with Crippen molar-refractivity contribution in [1.29, 1.82) is 0 Å². The second-order valence-corrected chi connectivity index (χ2v) is 3.39. The highest BCUT2D eigenvalue weighted by Gasteiger charge is 2.21. The molecule has 3 aliphatic heterocycles. The molecule has 0 saturated heterocycles. The van der Waals surface area contributed by atoms with Crippen molar-refractivity contribution in [2.24, 2.45) is 15.0 Å². The predicted octanol–water partition coefficient (Wildman–Crippen LogP) is 1.86. The third kappa shape index (κ3) is 1.32. The van der Waals surface area contributed by atoms with Gasteiger partial charge in [0.1, 0.15) is 6.04 Å². The van der Waals surface area contributed by atoms with Gasteiger partial charge in [-0.2, -0.15) is 0 Å². The number of allylic oxidation sites excluding steroid dienone is 4. The van der Waals surface area contributed by atoms with E-state index in [0.29, 0.717) is 0 Å². The zero-order valence-electron chi connectivity index (χ0n) is 8.04. The van der Waals surface area contributed by atoms with E-state index in [1.54, 1.807) is 12.4 Å². The molecule has 15 heavy (non-hydrogen) atoms. The van der Waals surface area contributed by atoms with Gasteiger partial charge in [-0.1, -0.05) is 6.08 Å². The summed E-state index contributed by atoms with van der Waals surface area (Å²) in [6.07, 6.45) is 15.3. The number of hydrogen-bond acceptors (Lipinski definition) is 3. The average Bonchev–Trinajstić information content (AvgIpc) is 3.01. The Labute approximate surface area is 87.7 Å². The summed E-state index contributed by atoms with van der Waals surface area (Å²) < 4.78 is 0. The van der Waals surface area contributed by atoms with E-state index in [1.165, 1.54) is 0 Å². The van der Waals surface area contributed by atoms with Crippen LogP contribution in [0.1, 0.15) is 0 Å². The molecule has 3 heterocycles. The molecule has 0 aromatic heterocycles. The number of rotatable bonds is 1. The van der Waals surface area contributed by atoms with E-state index in [4.69, 9.17) is 0 Å². The van der Waals surface area contributed by atoms with Crippen LogP contribution in [0.2, 0.25) is 0 Å². The van der Waals surface area contributed by atoms with Gasteiger partial charge in [0.15, 0.2) is 0 Å². The standard InChI is InChI=1S/C12H9N3/c1-3-10(13-6-1)9-5-8-15-12(9)11-4-2-7-14-11/h1-8,11H. The van der Waals surface area contributed by atoms with E-state index in [1.807, 2.05) is 36.6 Å². The lowest BCUT2D eigenvalue weighted by molar-refractivity contribution is 1.11. The Balaban J connectivity index is 2.01. The van der Waals surface area contributed by atoms with Crippen LogP contribution in [0.3, 0.4) is 0 Å². The minimum Gasteiger partial charge on any atom is -0.279 e. The fourth-order valence-corrected chi connectivity index (χ4v) is 1.77. The molecule has 0 aliphatic carbocycles. The number of aliphatic imine (C=N–C) groups is 3. The molecule has 3 heteroatoms. The monoisotopic (exact) mass is 195 g/mol. The zero-order valence-corrected chi connectivity index (χ0v) is 8.04. The second-order valence-electron chi connectivity index (χ2n) is 3.39. The molecule has 0 aromatic rings. The first-order chi connectivity index (χ1) is 7.45. The third-order valence-corrected chi connectivity index (χ3v) is 2.47. The second kappa shape index (κ2) is 3.28. The van der Waals surface area contributed by atoms with Crippen molar-refractivity contribution in [3.05, 3.63) is 47.9 Å². The van der Waals surface area contributed by atoms with Crippen molar-refractivity contribution in [1.82, 2.24) is 0 Å². The van der Waals surface area contributed by atoms with Gasteiger partial charge in [-0.05, 0) is 24.3 Å². The Kier molecular flexibility index (Phi) is 1.81. The summed E-state index contributed by atoms with van der Waals surface area (Å²) in [5.74, 6) is 0. The minimum atomic E-state index is 0.0618.